The molecule has 0 bridgehead atoms. The number of carbonyl (C=O) groups is 2. The first-order valence-corrected chi connectivity index (χ1v) is 12.8. The van der Waals surface area contributed by atoms with Gasteiger partial charge in [0, 0.05) is 23.4 Å². The van der Waals surface area contributed by atoms with Gasteiger partial charge in [-0.1, -0.05) is 30.5 Å². The van der Waals surface area contributed by atoms with Gasteiger partial charge in [0.1, 0.15) is 18.9 Å². The zero-order chi connectivity index (χ0) is 22.1. The zero-order valence-corrected chi connectivity index (χ0v) is 19.6. The van der Waals surface area contributed by atoms with E-state index in [2.05, 4.69) is 18.4 Å². The van der Waals surface area contributed by atoms with Gasteiger partial charge in [0.2, 0.25) is 11.8 Å². The molecule has 2 aromatic rings. The first-order chi connectivity index (χ1) is 15.6. The second-order valence-corrected chi connectivity index (χ2v) is 10.5. The Labute approximate surface area is 194 Å². The number of nitrogens with zero attached hydrogens (tertiary/aromatic N) is 2. The monoisotopic (exact) mass is 452 g/mol. The number of thiophene rings is 1. The van der Waals surface area contributed by atoms with Crippen LogP contribution in [0.25, 0.3) is 0 Å². The summed E-state index contributed by atoms with van der Waals surface area (Å²) in [5.74, 6) is 1.20. The average molecular weight is 453 g/mol. The largest absolute Gasteiger partial charge is 0.491 e. The van der Waals surface area contributed by atoms with Gasteiger partial charge in [0.05, 0.1) is 6.04 Å². The van der Waals surface area contributed by atoms with Gasteiger partial charge in [-0.2, -0.15) is 0 Å². The maximum absolute atomic E-state index is 13.5. The van der Waals surface area contributed by atoms with Crippen molar-refractivity contribution in [1.82, 2.24) is 9.80 Å². The van der Waals surface area contributed by atoms with Gasteiger partial charge < -0.3 is 14.5 Å². The van der Waals surface area contributed by atoms with Crippen molar-refractivity contribution >= 4 is 23.2 Å². The number of aryl methyl sites for hydroxylation is 1. The van der Waals surface area contributed by atoms with Crippen LogP contribution in [0.15, 0.2) is 35.7 Å². The molecule has 0 radical (unpaired) electrons. The molecule has 170 valence electrons. The van der Waals surface area contributed by atoms with E-state index >= 15 is 0 Å². The molecule has 3 aliphatic rings. The van der Waals surface area contributed by atoms with Crippen molar-refractivity contribution < 1.29 is 14.3 Å². The summed E-state index contributed by atoms with van der Waals surface area (Å²) < 4.78 is 6.13. The molecule has 0 unspecified atom stereocenters. The highest BCUT2D eigenvalue weighted by Crippen LogP contribution is 2.36. The zero-order valence-electron chi connectivity index (χ0n) is 18.8. The Morgan fingerprint density at radius 2 is 1.84 bits per heavy atom. The van der Waals surface area contributed by atoms with Gasteiger partial charge >= 0.3 is 0 Å². The number of amides is 2. The Morgan fingerprint density at radius 3 is 2.56 bits per heavy atom. The molecule has 2 heterocycles. The molecule has 1 atom stereocenters. The minimum Gasteiger partial charge on any atom is -0.491 e. The van der Waals surface area contributed by atoms with Crippen molar-refractivity contribution in [1.29, 1.82) is 0 Å². The highest BCUT2D eigenvalue weighted by molar-refractivity contribution is 7.10. The molecule has 0 N–H and O–H groups in total. The fraction of sp³-hybridized carbons (Fsp3) is 0.538. The van der Waals surface area contributed by atoms with Crippen LogP contribution in [0.1, 0.15) is 60.6 Å². The van der Waals surface area contributed by atoms with E-state index < -0.39 is 0 Å². The van der Waals surface area contributed by atoms with E-state index in [9.17, 15) is 9.59 Å². The smallest absolute Gasteiger partial charge is 0.242 e. The van der Waals surface area contributed by atoms with Gasteiger partial charge in [-0.15, -0.1) is 11.3 Å². The molecular weight excluding hydrogens is 420 g/mol. The molecule has 6 heteroatoms. The summed E-state index contributed by atoms with van der Waals surface area (Å²) >= 11 is 1.76. The van der Waals surface area contributed by atoms with E-state index in [-0.39, 0.29) is 36.4 Å². The third kappa shape index (κ3) is 4.56. The van der Waals surface area contributed by atoms with Crippen molar-refractivity contribution in [3.63, 3.8) is 0 Å². The Hall–Kier alpha value is -2.34. The lowest BCUT2D eigenvalue weighted by Gasteiger charge is -2.37. The topological polar surface area (TPSA) is 49.9 Å². The van der Waals surface area contributed by atoms with Crippen LogP contribution in [0.4, 0.5) is 0 Å². The molecule has 32 heavy (non-hydrogen) atoms. The lowest BCUT2D eigenvalue weighted by molar-refractivity contribution is -0.145. The second kappa shape index (κ2) is 9.26. The van der Waals surface area contributed by atoms with Crippen molar-refractivity contribution in [2.45, 2.75) is 64.0 Å². The minimum absolute atomic E-state index is 0.0533. The third-order valence-electron chi connectivity index (χ3n) is 7.12. The van der Waals surface area contributed by atoms with Crippen LogP contribution in [0.3, 0.4) is 0 Å². The molecule has 2 aliphatic carbocycles. The van der Waals surface area contributed by atoms with Crippen LogP contribution in [0.2, 0.25) is 0 Å². The fourth-order valence-electron chi connectivity index (χ4n) is 5.10. The van der Waals surface area contributed by atoms with Crippen LogP contribution in [-0.2, 0) is 16.0 Å². The van der Waals surface area contributed by atoms with E-state index in [0.29, 0.717) is 13.2 Å². The van der Waals surface area contributed by atoms with E-state index in [1.54, 1.807) is 11.3 Å². The number of carbonyl (C=O) groups excluding carboxylic acids is 2. The Balaban J connectivity index is 1.31. The number of hydrogen-bond donors (Lipinski definition) is 0. The summed E-state index contributed by atoms with van der Waals surface area (Å²) in [6.45, 7) is 3.38. The van der Waals surface area contributed by atoms with Gasteiger partial charge in [-0.05, 0) is 68.2 Å². The summed E-state index contributed by atoms with van der Waals surface area (Å²) in [6, 6.07) is 10.3. The Kier molecular flexibility index (Phi) is 6.22. The fourth-order valence-corrected chi connectivity index (χ4v) is 6.03. The highest BCUT2D eigenvalue weighted by Gasteiger charge is 2.40. The maximum atomic E-state index is 13.5. The molecule has 1 aromatic heterocycles. The molecule has 1 aromatic carbocycles. The molecular formula is C26H32N2O3S. The first kappa shape index (κ1) is 21.5. The highest BCUT2D eigenvalue weighted by atomic mass is 32.1. The predicted octanol–water partition coefficient (Wildman–Crippen LogP) is 4.74. The number of benzene rings is 1. The van der Waals surface area contributed by atoms with Crippen LogP contribution >= 0.6 is 11.3 Å². The number of rotatable bonds is 7. The van der Waals surface area contributed by atoms with E-state index in [4.69, 9.17) is 4.74 Å². The Morgan fingerprint density at radius 1 is 1.09 bits per heavy atom. The van der Waals surface area contributed by atoms with Gasteiger partial charge in [0.25, 0.3) is 0 Å². The molecule has 0 saturated heterocycles. The van der Waals surface area contributed by atoms with Gasteiger partial charge in [-0.25, -0.2) is 0 Å². The molecule has 5 rings (SSSR count). The third-order valence-corrected chi connectivity index (χ3v) is 8.12. The summed E-state index contributed by atoms with van der Waals surface area (Å²) in [6.07, 6.45) is 7.15. The van der Waals surface area contributed by atoms with Crippen LogP contribution in [0, 0.1) is 12.8 Å². The van der Waals surface area contributed by atoms with E-state index in [1.165, 1.54) is 16.0 Å². The van der Waals surface area contributed by atoms with E-state index in [1.807, 2.05) is 34.1 Å². The standard InChI is InChI=1S/C26H32N2O3S/c1-18-6-10-21(11-7-18)31-17-23-22-13-15-32-24(22)12-14-27(23)25(29)16-28(20-8-9-20)26(30)19-4-2-3-5-19/h6-7,10-11,13,15,19-20,23H,2-5,8-9,12,14,16-17H2,1H3/t23-/m1/s1. The summed E-state index contributed by atoms with van der Waals surface area (Å²) in [7, 11) is 0. The molecule has 0 spiro atoms. The van der Waals surface area contributed by atoms with Gasteiger partial charge in [0.15, 0.2) is 0 Å². The van der Waals surface area contributed by atoms with Crippen molar-refractivity contribution in [2.75, 3.05) is 19.7 Å². The van der Waals surface area contributed by atoms with Crippen LogP contribution < -0.4 is 4.74 Å². The molecule has 2 saturated carbocycles. The molecule has 5 nitrogen and oxygen atoms in total. The maximum Gasteiger partial charge on any atom is 0.242 e. The number of ether oxygens (including phenoxy) is 1. The first-order valence-electron chi connectivity index (χ1n) is 12.0. The molecule has 2 fully saturated rings. The Bertz CT molecular complexity index is 960. The molecule has 2 amide bonds. The van der Waals surface area contributed by atoms with Crippen LogP contribution in [0.5, 0.6) is 5.75 Å². The van der Waals surface area contributed by atoms with E-state index in [0.717, 1.165) is 50.7 Å². The average Bonchev–Trinajstić information content (AvgIpc) is 3.28. The quantitative estimate of drug-likeness (QED) is 0.610. The second-order valence-electron chi connectivity index (χ2n) is 9.45. The number of fused-ring (bicyclic) bond motifs is 1. The van der Waals surface area contributed by atoms with Gasteiger partial charge in [-0.3, -0.25) is 9.59 Å². The lowest BCUT2D eigenvalue weighted by Crippen LogP contribution is -2.49. The van der Waals surface area contributed by atoms with Crippen LogP contribution in [-0.4, -0.2) is 47.4 Å². The summed E-state index contributed by atoms with van der Waals surface area (Å²) in [5, 5.41) is 2.11. The minimum atomic E-state index is -0.110. The summed E-state index contributed by atoms with van der Waals surface area (Å²) in [4.78, 5) is 31.9. The number of hydrogen-bond acceptors (Lipinski definition) is 4. The van der Waals surface area contributed by atoms with Crippen molar-refractivity contribution in [3.8, 4) is 5.75 Å². The van der Waals surface area contributed by atoms with Crippen molar-refractivity contribution in [3.05, 3.63) is 51.7 Å². The lowest BCUT2D eigenvalue weighted by atomic mass is 10.00. The SMILES string of the molecule is Cc1ccc(OC[C@@H]2c3ccsc3CCN2C(=O)CN(C(=O)C2CCCC2)C2CC2)cc1. The normalized spacial score (nSPS) is 20.8. The summed E-state index contributed by atoms with van der Waals surface area (Å²) in [5.41, 5.74) is 2.39. The predicted molar refractivity (Wildman–Crippen MR) is 126 cm³/mol. The molecule has 1 aliphatic heterocycles. The van der Waals surface area contributed by atoms with Crippen molar-refractivity contribution in [2.24, 2.45) is 5.92 Å².